The summed E-state index contributed by atoms with van der Waals surface area (Å²) in [4.78, 5) is 8.44. The van der Waals surface area contributed by atoms with Crippen molar-refractivity contribution in [1.82, 2.24) is 0 Å². The van der Waals surface area contributed by atoms with Gasteiger partial charge in [0.05, 0.1) is 18.1 Å². The van der Waals surface area contributed by atoms with Crippen LogP contribution in [0.1, 0.15) is 0 Å². The smallest absolute Gasteiger partial charge is 0.227 e. The van der Waals surface area contributed by atoms with Gasteiger partial charge in [-0.05, 0) is 6.58 Å². The maximum atomic E-state index is 9.06. The number of nitrogens with zero attached hydrogens (tertiary/aromatic N) is 1. The molecular weight excluding hydrogens is 126 g/mol. The standard InChI is InChI=1S/C2H3NO2.C2H6O2/c1-2-3(4)5;3-1-2-4/h2H,1H2;3-4H,1-2H2. The highest BCUT2D eigenvalue weighted by Crippen LogP contribution is 1.57. The van der Waals surface area contributed by atoms with E-state index in [0.717, 1.165) is 0 Å². The van der Waals surface area contributed by atoms with Crippen molar-refractivity contribution in [2.24, 2.45) is 0 Å². The molecule has 0 saturated carbocycles. The molecule has 5 nitrogen and oxygen atoms in total. The van der Waals surface area contributed by atoms with Crippen LogP contribution in [-0.2, 0) is 0 Å². The van der Waals surface area contributed by atoms with Gasteiger partial charge in [-0.15, -0.1) is 0 Å². The molecule has 0 aromatic heterocycles. The minimum absolute atomic E-state index is 0.125. The Balaban J connectivity index is 0. The van der Waals surface area contributed by atoms with Crippen molar-refractivity contribution in [3.8, 4) is 0 Å². The van der Waals surface area contributed by atoms with E-state index in [1.165, 1.54) is 0 Å². The summed E-state index contributed by atoms with van der Waals surface area (Å²) in [5.41, 5.74) is 0. The fourth-order valence-electron chi connectivity index (χ4n) is 0. The van der Waals surface area contributed by atoms with Crippen LogP contribution in [0, 0.1) is 10.1 Å². The third-order valence-corrected chi connectivity index (χ3v) is 0.249. The van der Waals surface area contributed by atoms with Crippen molar-refractivity contribution in [3.63, 3.8) is 0 Å². The summed E-state index contributed by atoms with van der Waals surface area (Å²) >= 11 is 0. The van der Waals surface area contributed by atoms with E-state index in [-0.39, 0.29) is 13.2 Å². The Labute approximate surface area is 52.4 Å². The van der Waals surface area contributed by atoms with Gasteiger partial charge in [0, 0.05) is 0 Å². The molecule has 54 valence electrons. The highest BCUT2D eigenvalue weighted by molar-refractivity contribution is 4.43. The van der Waals surface area contributed by atoms with Gasteiger partial charge in [-0.1, -0.05) is 0 Å². The highest BCUT2D eigenvalue weighted by atomic mass is 16.6. The van der Waals surface area contributed by atoms with Gasteiger partial charge in [0.2, 0.25) is 6.20 Å². The third kappa shape index (κ3) is 42.6. The number of hydrogen-bond acceptors (Lipinski definition) is 4. The van der Waals surface area contributed by atoms with Crippen LogP contribution in [0.5, 0.6) is 0 Å². The fraction of sp³-hybridized carbons (Fsp3) is 0.500. The molecule has 2 N–H and O–H groups in total. The molecule has 9 heavy (non-hydrogen) atoms. The van der Waals surface area contributed by atoms with Crippen molar-refractivity contribution in [1.29, 1.82) is 0 Å². The molecule has 0 fully saturated rings. The first-order chi connectivity index (χ1) is 4.18. The van der Waals surface area contributed by atoms with E-state index in [0.29, 0.717) is 6.20 Å². The summed E-state index contributed by atoms with van der Waals surface area (Å²) in [7, 11) is 0. The van der Waals surface area contributed by atoms with Gasteiger partial charge in [0.15, 0.2) is 0 Å². The molecule has 0 spiro atoms. The Kier molecular flexibility index (Phi) is 12.3. The zero-order valence-electron chi connectivity index (χ0n) is 4.86. The van der Waals surface area contributed by atoms with Crippen LogP contribution in [0.15, 0.2) is 12.8 Å². The molecule has 0 aliphatic heterocycles. The van der Waals surface area contributed by atoms with Gasteiger partial charge >= 0.3 is 0 Å². The molecule has 0 aliphatic carbocycles. The zero-order valence-corrected chi connectivity index (χ0v) is 4.86. The van der Waals surface area contributed by atoms with Crippen LogP contribution < -0.4 is 0 Å². The lowest BCUT2D eigenvalue weighted by Crippen LogP contribution is -1.85. The average Bonchev–Trinajstić information content (AvgIpc) is 1.89. The molecule has 0 aliphatic rings. The Bertz CT molecular complexity index is 80.6. The molecular formula is C4H9NO4. The third-order valence-electron chi connectivity index (χ3n) is 0.249. The van der Waals surface area contributed by atoms with Gasteiger partial charge in [-0.3, -0.25) is 10.1 Å². The number of rotatable bonds is 2. The Morgan fingerprint density at radius 2 is 1.78 bits per heavy atom. The first-order valence-corrected chi connectivity index (χ1v) is 2.16. The molecule has 0 amide bonds. The molecule has 0 aromatic carbocycles. The first kappa shape index (κ1) is 10.9. The summed E-state index contributed by atoms with van der Waals surface area (Å²) in [6.07, 6.45) is 0.639. The number of hydrogen-bond donors (Lipinski definition) is 2. The quantitative estimate of drug-likeness (QED) is 0.390. The molecule has 0 aromatic rings. The van der Waals surface area contributed by atoms with E-state index in [2.05, 4.69) is 6.58 Å². The van der Waals surface area contributed by atoms with Crippen LogP contribution in [0.2, 0.25) is 0 Å². The number of aliphatic hydroxyl groups excluding tert-OH is 2. The second-order valence-corrected chi connectivity index (χ2v) is 0.915. The molecule has 0 heterocycles. The Morgan fingerprint density at radius 3 is 1.78 bits per heavy atom. The van der Waals surface area contributed by atoms with E-state index >= 15 is 0 Å². The van der Waals surface area contributed by atoms with Crippen molar-refractivity contribution in [2.45, 2.75) is 0 Å². The van der Waals surface area contributed by atoms with E-state index in [1.54, 1.807) is 0 Å². The van der Waals surface area contributed by atoms with Gasteiger partial charge in [0.1, 0.15) is 0 Å². The molecule has 0 atom stereocenters. The van der Waals surface area contributed by atoms with Crippen LogP contribution in [0.25, 0.3) is 0 Å². The van der Waals surface area contributed by atoms with E-state index in [4.69, 9.17) is 20.3 Å². The second kappa shape index (κ2) is 10.1. The van der Waals surface area contributed by atoms with Crippen molar-refractivity contribution in [2.75, 3.05) is 13.2 Å². The van der Waals surface area contributed by atoms with Crippen LogP contribution in [0.3, 0.4) is 0 Å². The van der Waals surface area contributed by atoms with Crippen LogP contribution >= 0.6 is 0 Å². The van der Waals surface area contributed by atoms with Gasteiger partial charge in [-0.2, -0.15) is 0 Å². The number of nitro groups is 1. The maximum absolute atomic E-state index is 9.06. The monoisotopic (exact) mass is 135 g/mol. The molecule has 0 unspecified atom stereocenters. The molecule has 0 radical (unpaired) electrons. The normalized spacial score (nSPS) is 6.89. The first-order valence-electron chi connectivity index (χ1n) is 2.16. The van der Waals surface area contributed by atoms with Crippen LogP contribution in [-0.4, -0.2) is 28.4 Å². The Morgan fingerprint density at radius 1 is 1.56 bits per heavy atom. The van der Waals surface area contributed by atoms with Crippen molar-refractivity contribution < 1.29 is 15.1 Å². The predicted octanol–water partition coefficient (Wildman–Crippen LogP) is -0.622. The maximum Gasteiger partial charge on any atom is 0.227 e. The minimum Gasteiger partial charge on any atom is -0.394 e. The summed E-state index contributed by atoms with van der Waals surface area (Å²) < 4.78 is 0. The second-order valence-electron chi connectivity index (χ2n) is 0.915. The SMILES string of the molecule is C=C[N+](=O)[O-].OCCO. The summed E-state index contributed by atoms with van der Waals surface area (Å²) in [5, 5.41) is 24.3. The van der Waals surface area contributed by atoms with Crippen LogP contribution in [0.4, 0.5) is 0 Å². The topological polar surface area (TPSA) is 83.6 Å². The van der Waals surface area contributed by atoms with Gasteiger partial charge in [0.25, 0.3) is 0 Å². The number of aliphatic hydroxyl groups is 2. The van der Waals surface area contributed by atoms with E-state index < -0.39 is 4.92 Å². The Hall–Kier alpha value is -0.940. The zero-order chi connectivity index (χ0) is 7.70. The summed E-state index contributed by atoms with van der Waals surface area (Å²) in [5.74, 6) is 0. The lowest BCUT2D eigenvalue weighted by Gasteiger charge is -1.70. The minimum atomic E-state index is -0.611. The molecule has 5 heteroatoms. The van der Waals surface area contributed by atoms with Gasteiger partial charge in [-0.25, -0.2) is 0 Å². The lowest BCUT2D eigenvalue weighted by molar-refractivity contribution is -0.401. The molecule has 0 rings (SSSR count). The predicted molar refractivity (Wildman–Crippen MR) is 31.4 cm³/mol. The average molecular weight is 135 g/mol. The largest absolute Gasteiger partial charge is 0.394 e. The van der Waals surface area contributed by atoms with Crippen molar-refractivity contribution >= 4 is 0 Å². The lowest BCUT2D eigenvalue weighted by atomic mass is 10.8. The van der Waals surface area contributed by atoms with E-state index in [1.807, 2.05) is 0 Å². The fourth-order valence-corrected chi connectivity index (χ4v) is 0. The highest BCUT2D eigenvalue weighted by Gasteiger charge is 1.69. The molecule has 0 bridgehead atoms. The van der Waals surface area contributed by atoms with E-state index in [9.17, 15) is 0 Å². The van der Waals surface area contributed by atoms with Crippen molar-refractivity contribution in [3.05, 3.63) is 22.9 Å². The molecule has 0 saturated heterocycles. The summed E-state index contributed by atoms with van der Waals surface area (Å²) in [6.45, 7) is 2.61. The van der Waals surface area contributed by atoms with Gasteiger partial charge < -0.3 is 10.2 Å². The summed E-state index contributed by atoms with van der Waals surface area (Å²) in [6, 6.07) is 0.